The minimum atomic E-state index is -0.780. The first-order valence-electron chi connectivity index (χ1n) is 6.07. The second-order valence-electron chi connectivity index (χ2n) is 4.73. The zero-order valence-electron chi connectivity index (χ0n) is 10.9. The summed E-state index contributed by atoms with van der Waals surface area (Å²) in [6.07, 6.45) is 1.99. The summed E-state index contributed by atoms with van der Waals surface area (Å²) in [5.74, 6) is 0.170. The summed E-state index contributed by atoms with van der Waals surface area (Å²) in [6.45, 7) is 2.36. The van der Waals surface area contributed by atoms with Crippen molar-refractivity contribution in [3.05, 3.63) is 11.3 Å². The molecule has 1 heterocycles. The average Bonchev–Trinajstić information content (AvgIpc) is 3.07. The van der Waals surface area contributed by atoms with Crippen LogP contribution in [-0.2, 0) is 18.4 Å². The third kappa shape index (κ3) is 2.48. The van der Waals surface area contributed by atoms with Gasteiger partial charge in [-0.15, -0.1) is 0 Å². The Morgan fingerprint density at radius 3 is 2.83 bits per heavy atom. The molecule has 0 saturated heterocycles. The zero-order chi connectivity index (χ0) is 13.3. The number of carbonyl (C=O) groups is 1. The predicted octanol–water partition coefficient (Wildman–Crippen LogP) is 0.690. The van der Waals surface area contributed by atoms with E-state index >= 15 is 0 Å². The Morgan fingerprint density at radius 1 is 1.67 bits per heavy atom. The molecule has 0 spiro atoms. The number of aryl methyl sites for hydroxylation is 2. The van der Waals surface area contributed by atoms with Gasteiger partial charge in [-0.05, 0) is 25.7 Å². The molecular formula is C12H19N3O3. The highest BCUT2D eigenvalue weighted by atomic mass is 16.5. The normalized spacial score (nSPS) is 16.6. The lowest BCUT2D eigenvalue weighted by molar-refractivity contribution is -0.140. The third-order valence-electron chi connectivity index (χ3n) is 3.34. The van der Waals surface area contributed by atoms with Gasteiger partial charge < -0.3 is 9.84 Å². The number of nitrogens with one attached hydrogen (secondary N) is 1. The van der Waals surface area contributed by atoms with E-state index < -0.39 is 12.0 Å². The van der Waals surface area contributed by atoms with Gasteiger partial charge in [-0.1, -0.05) is 0 Å². The lowest BCUT2D eigenvalue weighted by Crippen LogP contribution is -2.38. The van der Waals surface area contributed by atoms with Crippen LogP contribution < -0.4 is 10.1 Å². The minimum absolute atomic E-state index is 0.269. The molecule has 2 rings (SSSR count). The second-order valence-corrected chi connectivity index (χ2v) is 4.73. The van der Waals surface area contributed by atoms with Crippen LogP contribution in [0.25, 0.3) is 0 Å². The number of ether oxygens (including phenoxy) is 1. The Morgan fingerprint density at radius 2 is 2.33 bits per heavy atom. The maximum Gasteiger partial charge on any atom is 0.320 e. The van der Waals surface area contributed by atoms with Gasteiger partial charge in [0.1, 0.15) is 6.04 Å². The number of aromatic nitrogens is 2. The minimum Gasteiger partial charge on any atom is -0.481 e. The fourth-order valence-electron chi connectivity index (χ4n) is 2.24. The lowest BCUT2D eigenvalue weighted by Gasteiger charge is -2.13. The molecule has 0 aliphatic heterocycles. The molecule has 2 N–H and O–H groups in total. The Bertz CT molecular complexity index is 452. The molecule has 6 nitrogen and oxygen atoms in total. The predicted molar refractivity (Wildman–Crippen MR) is 65.5 cm³/mol. The van der Waals surface area contributed by atoms with Crippen molar-refractivity contribution in [1.29, 1.82) is 0 Å². The molecule has 1 fully saturated rings. The highest BCUT2D eigenvalue weighted by molar-refractivity contribution is 5.74. The topological polar surface area (TPSA) is 76.4 Å². The number of carboxylic acid groups (broad SMARTS) is 1. The van der Waals surface area contributed by atoms with Gasteiger partial charge in [0, 0.05) is 13.6 Å². The molecule has 0 amide bonds. The number of methoxy groups -OCH3 is 1. The SMILES string of the molecule is COc1c(CNC(C(=O)O)C2CC2)c(C)nn1C. The number of nitrogens with zero attached hydrogens (tertiary/aromatic N) is 2. The molecular weight excluding hydrogens is 234 g/mol. The van der Waals surface area contributed by atoms with E-state index in [1.54, 1.807) is 11.8 Å². The smallest absolute Gasteiger partial charge is 0.320 e. The van der Waals surface area contributed by atoms with Crippen molar-refractivity contribution in [2.75, 3.05) is 7.11 Å². The number of aliphatic carboxylic acids is 1. The van der Waals surface area contributed by atoms with E-state index in [-0.39, 0.29) is 5.92 Å². The fourth-order valence-corrected chi connectivity index (χ4v) is 2.24. The van der Waals surface area contributed by atoms with Gasteiger partial charge in [-0.3, -0.25) is 10.1 Å². The summed E-state index contributed by atoms with van der Waals surface area (Å²) in [4.78, 5) is 11.1. The molecule has 1 unspecified atom stereocenters. The molecule has 1 aromatic heterocycles. The molecule has 100 valence electrons. The summed E-state index contributed by atoms with van der Waals surface area (Å²) >= 11 is 0. The van der Waals surface area contributed by atoms with Crippen molar-refractivity contribution in [2.45, 2.75) is 32.4 Å². The molecule has 1 aliphatic rings. The molecule has 0 bridgehead atoms. The van der Waals surface area contributed by atoms with Gasteiger partial charge in [0.2, 0.25) is 5.88 Å². The van der Waals surface area contributed by atoms with Gasteiger partial charge in [0.05, 0.1) is 18.4 Å². The van der Waals surface area contributed by atoms with Crippen LogP contribution in [-0.4, -0.2) is 34.0 Å². The average molecular weight is 253 g/mol. The van der Waals surface area contributed by atoms with Gasteiger partial charge in [0.25, 0.3) is 0 Å². The van der Waals surface area contributed by atoms with Crippen LogP contribution in [0.15, 0.2) is 0 Å². The summed E-state index contributed by atoms with van der Waals surface area (Å²) in [6, 6.07) is -0.464. The first kappa shape index (κ1) is 12.9. The van der Waals surface area contributed by atoms with Crippen molar-refractivity contribution in [3.8, 4) is 5.88 Å². The molecule has 1 aliphatic carbocycles. The van der Waals surface area contributed by atoms with E-state index in [1.165, 1.54) is 0 Å². The molecule has 0 radical (unpaired) electrons. The van der Waals surface area contributed by atoms with Crippen LogP contribution in [0.3, 0.4) is 0 Å². The highest BCUT2D eigenvalue weighted by Crippen LogP contribution is 2.33. The van der Waals surface area contributed by atoms with Gasteiger partial charge in [0.15, 0.2) is 0 Å². The maximum absolute atomic E-state index is 11.1. The van der Waals surface area contributed by atoms with Crippen molar-refractivity contribution in [1.82, 2.24) is 15.1 Å². The Balaban J connectivity index is 2.07. The first-order chi connectivity index (χ1) is 8.54. The van der Waals surface area contributed by atoms with Gasteiger partial charge >= 0.3 is 5.97 Å². The Labute approximate surface area is 106 Å². The highest BCUT2D eigenvalue weighted by Gasteiger charge is 2.36. The lowest BCUT2D eigenvalue weighted by atomic mass is 10.1. The van der Waals surface area contributed by atoms with Crippen LogP contribution in [0, 0.1) is 12.8 Å². The summed E-state index contributed by atoms with van der Waals surface area (Å²) in [5.41, 5.74) is 1.79. The number of hydrogen-bond donors (Lipinski definition) is 2. The van der Waals surface area contributed by atoms with Crippen LogP contribution in [0.4, 0.5) is 0 Å². The van der Waals surface area contributed by atoms with E-state index in [0.29, 0.717) is 12.4 Å². The number of hydrogen-bond acceptors (Lipinski definition) is 4. The van der Waals surface area contributed by atoms with Crippen LogP contribution >= 0.6 is 0 Å². The summed E-state index contributed by atoms with van der Waals surface area (Å²) < 4.78 is 6.94. The molecule has 1 saturated carbocycles. The Kier molecular flexibility index (Phi) is 3.56. The van der Waals surface area contributed by atoms with E-state index in [1.807, 2.05) is 14.0 Å². The van der Waals surface area contributed by atoms with E-state index in [4.69, 9.17) is 9.84 Å². The molecule has 18 heavy (non-hydrogen) atoms. The van der Waals surface area contributed by atoms with Crippen LogP contribution in [0.5, 0.6) is 5.88 Å². The summed E-state index contributed by atoms with van der Waals surface area (Å²) in [5, 5.41) is 16.5. The Hall–Kier alpha value is -1.56. The number of rotatable bonds is 6. The number of carboxylic acids is 1. The summed E-state index contributed by atoms with van der Waals surface area (Å²) in [7, 11) is 3.40. The zero-order valence-corrected chi connectivity index (χ0v) is 10.9. The molecule has 6 heteroatoms. The molecule has 1 aromatic rings. The van der Waals surface area contributed by atoms with Gasteiger partial charge in [-0.2, -0.15) is 5.10 Å². The van der Waals surface area contributed by atoms with Crippen molar-refractivity contribution in [2.24, 2.45) is 13.0 Å². The van der Waals surface area contributed by atoms with Gasteiger partial charge in [-0.25, -0.2) is 4.68 Å². The van der Waals surface area contributed by atoms with Crippen LogP contribution in [0.2, 0.25) is 0 Å². The first-order valence-corrected chi connectivity index (χ1v) is 6.07. The monoisotopic (exact) mass is 253 g/mol. The third-order valence-corrected chi connectivity index (χ3v) is 3.34. The van der Waals surface area contributed by atoms with Crippen molar-refractivity contribution in [3.63, 3.8) is 0 Å². The van der Waals surface area contributed by atoms with E-state index in [0.717, 1.165) is 24.1 Å². The quantitative estimate of drug-likeness (QED) is 0.780. The largest absolute Gasteiger partial charge is 0.481 e. The second kappa shape index (κ2) is 4.97. The van der Waals surface area contributed by atoms with Crippen molar-refractivity contribution >= 4 is 5.97 Å². The van der Waals surface area contributed by atoms with Crippen molar-refractivity contribution < 1.29 is 14.6 Å². The standard InChI is InChI=1S/C12H19N3O3/c1-7-9(11(18-3)15(2)14-7)6-13-10(12(16)17)8-4-5-8/h8,10,13H,4-6H2,1-3H3,(H,16,17). The molecule has 0 aromatic carbocycles. The molecule has 1 atom stereocenters. The fraction of sp³-hybridized carbons (Fsp3) is 0.667. The maximum atomic E-state index is 11.1. The van der Waals surface area contributed by atoms with E-state index in [2.05, 4.69) is 10.4 Å². The van der Waals surface area contributed by atoms with Crippen LogP contribution in [0.1, 0.15) is 24.1 Å². The van der Waals surface area contributed by atoms with E-state index in [9.17, 15) is 4.79 Å².